The van der Waals surface area contributed by atoms with E-state index in [4.69, 9.17) is 4.98 Å². The Kier molecular flexibility index (Phi) is 7.16. The lowest BCUT2D eigenvalue weighted by Crippen LogP contribution is -2.15. The van der Waals surface area contributed by atoms with Gasteiger partial charge in [0.05, 0.1) is 35.5 Å². The van der Waals surface area contributed by atoms with Crippen LogP contribution in [-0.4, -0.2) is 32.4 Å². The van der Waals surface area contributed by atoms with E-state index >= 15 is 0 Å². The molecule has 0 bridgehead atoms. The highest BCUT2D eigenvalue weighted by molar-refractivity contribution is 5.97. The van der Waals surface area contributed by atoms with E-state index in [1.165, 1.54) is 17.7 Å². The van der Waals surface area contributed by atoms with Crippen molar-refractivity contribution in [2.45, 2.75) is 19.8 Å². The summed E-state index contributed by atoms with van der Waals surface area (Å²) in [4.78, 5) is 30.2. The Hall–Kier alpha value is -5.63. The molecule has 1 amide bonds. The first-order chi connectivity index (χ1) is 21.6. The van der Waals surface area contributed by atoms with Gasteiger partial charge in [0.2, 0.25) is 5.91 Å². The van der Waals surface area contributed by atoms with Crippen LogP contribution >= 0.6 is 0 Å². The van der Waals surface area contributed by atoms with Crippen LogP contribution in [0.15, 0.2) is 109 Å². The van der Waals surface area contributed by atoms with Crippen molar-refractivity contribution in [1.82, 2.24) is 19.9 Å². The van der Waals surface area contributed by atoms with Crippen LogP contribution in [-0.2, 0) is 11.2 Å². The Morgan fingerprint density at radius 3 is 2.48 bits per heavy atom. The Morgan fingerprint density at radius 2 is 1.66 bits per heavy atom. The topological polar surface area (TPSA) is 95.6 Å². The van der Waals surface area contributed by atoms with Crippen molar-refractivity contribution in [2.24, 2.45) is 0 Å². The highest BCUT2D eigenvalue weighted by atomic mass is 19.1. The molecule has 7 nitrogen and oxygen atoms in total. The number of amides is 1. The number of hydrogen-bond acceptors (Lipinski definition) is 5. The third-order valence-electron chi connectivity index (χ3n) is 7.91. The van der Waals surface area contributed by atoms with Gasteiger partial charge in [0.25, 0.3) is 0 Å². The molecule has 0 saturated carbocycles. The van der Waals surface area contributed by atoms with E-state index in [1.54, 1.807) is 36.9 Å². The highest BCUT2D eigenvalue weighted by Crippen LogP contribution is 2.39. The molecule has 7 rings (SSSR count). The average Bonchev–Trinajstić information content (AvgIpc) is 3.49. The van der Waals surface area contributed by atoms with E-state index in [9.17, 15) is 9.18 Å². The molecule has 0 atom stereocenters. The van der Waals surface area contributed by atoms with E-state index in [0.717, 1.165) is 67.9 Å². The fraction of sp³-hybridized carbons (Fsp3) is 0.111. The van der Waals surface area contributed by atoms with E-state index < -0.39 is 0 Å². The second-order valence-corrected chi connectivity index (χ2v) is 10.8. The van der Waals surface area contributed by atoms with E-state index in [1.807, 2.05) is 36.4 Å². The van der Waals surface area contributed by atoms with Crippen molar-refractivity contribution in [2.75, 3.05) is 17.2 Å². The fourth-order valence-corrected chi connectivity index (χ4v) is 5.71. The van der Waals surface area contributed by atoms with Gasteiger partial charge >= 0.3 is 0 Å². The highest BCUT2D eigenvalue weighted by Gasteiger charge is 2.23. The number of carbonyl (C=O) groups is 1. The molecule has 8 heteroatoms. The van der Waals surface area contributed by atoms with Gasteiger partial charge in [-0.05, 0) is 59.0 Å². The molecule has 1 aliphatic heterocycles. The van der Waals surface area contributed by atoms with Gasteiger partial charge < -0.3 is 15.6 Å². The lowest BCUT2D eigenvalue weighted by atomic mass is 9.90. The summed E-state index contributed by atoms with van der Waals surface area (Å²) in [5.41, 5.74) is 11.0. The average molecular weight is 581 g/mol. The summed E-state index contributed by atoms with van der Waals surface area (Å²) in [5.74, 6) is 0.377. The number of hydrogen-bond donors (Lipinski definition) is 3. The molecule has 1 aliphatic rings. The maximum Gasteiger partial charge on any atom is 0.228 e. The zero-order chi connectivity index (χ0) is 30.0. The minimum Gasteiger partial charge on any atom is -0.381 e. The van der Waals surface area contributed by atoms with Gasteiger partial charge in [-0.3, -0.25) is 14.8 Å². The number of fused-ring (bicyclic) bond motifs is 2. The molecule has 4 heterocycles. The maximum atomic E-state index is 13.6. The molecule has 216 valence electrons. The van der Waals surface area contributed by atoms with Crippen molar-refractivity contribution in [1.29, 1.82) is 0 Å². The van der Waals surface area contributed by atoms with Crippen molar-refractivity contribution >= 4 is 33.9 Å². The lowest BCUT2D eigenvalue weighted by molar-refractivity contribution is -0.115. The molecule has 6 aromatic rings. The number of halogens is 1. The van der Waals surface area contributed by atoms with Crippen LogP contribution in [0.5, 0.6) is 0 Å². The van der Waals surface area contributed by atoms with Crippen molar-refractivity contribution in [3.8, 4) is 22.3 Å². The summed E-state index contributed by atoms with van der Waals surface area (Å²) in [6.07, 6.45) is 8.13. The predicted octanol–water partition coefficient (Wildman–Crippen LogP) is 7.64. The number of aromatic amines is 1. The van der Waals surface area contributed by atoms with Gasteiger partial charge in [-0.15, -0.1) is 0 Å². The number of imidazole rings is 1. The van der Waals surface area contributed by atoms with Crippen LogP contribution in [0, 0.1) is 5.82 Å². The lowest BCUT2D eigenvalue weighted by Gasteiger charge is -2.24. The standard InChI is InChI=1S/C36H29FN6O/c1-2-23-18-40-31-13-10-25(26-15-28(19-38-17-26)41-33(44)14-22-6-4-3-5-7-22)16-29(31)34(23)36-42-32-21-39-20-30(35(32)43-36)24-8-11-27(37)12-9-24/h3-13,15-17,19-21,40H,2,14,18H2,1H3,(H,41,44)(H,42,43). The number of H-pyrrole nitrogens is 1. The third-order valence-corrected chi connectivity index (χ3v) is 7.91. The third kappa shape index (κ3) is 5.33. The molecule has 3 aromatic carbocycles. The minimum atomic E-state index is -0.285. The molecular formula is C36H29FN6O. The number of pyridine rings is 2. The van der Waals surface area contributed by atoms with Crippen LogP contribution in [0.1, 0.15) is 30.3 Å². The van der Waals surface area contributed by atoms with E-state index in [-0.39, 0.29) is 11.7 Å². The molecule has 44 heavy (non-hydrogen) atoms. The summed E-state index contributed by atoms with van der Waals surface area (Å²) < 4.78 is 13.6. The van der Waals surface area contributed by atoms with Gasteiger partial charge in [0.15, 0.2) is 0 Å². The second kappa shape index (κ2) is 11.6. The maximum absolute atomic E-state index is 13.6. The van der Waals surface area contributed by atoms with Gasteiger partial charge in [-0.2, -0.15) is 0 Å². The second-order valence-electron chi connectivity index (χ2n) is 10.8. The normalized spacial score (nSPS) is 12.6. The summed E-state index contributed by atoms with van der Waals surface area (Å²) in [7, 11) is 0. The fourth-order valence-electron chi connectivity index (χ4n) is 5.71. The van der Waals surface area contributed by atoms with Crippen LogP contribution in [0.2, 0.25) is 0 Å². The molecule has 0 saturated heterocycles. The van der Waals surface area contributed by atoms with Crippen LogP contribution in [0.3, 0.4) is 0 Å². The monoisotopic (exact) mass is 580 g/mol. The number of nitrogens with zero attached hydrogens (tertiary/aromatic N) is 3. The first-order valence-electron chi connectivity index (χ1n) is 14.6. The smallest absolute Gasteiger partial charge is 0.228 e. The van der Waals surface area contributed by atoms with Crippen LogP contribution in [0.4, 0.5) is 15.8 Å². The van der Waals surface area contributed by atoms with Crippen molar-refractivity contribution in [3.63, 3.8) is 0 Å². The van der Waals surface area contributed by atoms with Crippen molar-refractivity contribution in [3.05, 3.63) is 132 Å². The Balaban J connectivity index is 1.24. The first-order valence-corrected chi connectivity index (χ1v) is 14.6. The minimum absolute atomic E-state index is 0.0954. The molecule has 0 aliphatic carbocycles. The number of carbonyl (C=O) groups excluding carboxylic acids is 1. The summed E-state index contributed by atoms with van der Waals surface area (Å²) in [5, 5.41) is 6.54. The van der Waals surface area contributed by atoms with Gasteiger partial charge in [0, 0.05) is 46.9 Å². The molecule has 0 fully saturated rings. The molecule has 0 radical (unpaired) electrons. The van der Waals surface area contributed by atoms with E-state index in [0.29, 0.717) is 18.7 Å². The van der Waals surface area contributed by atoms with Gasteiger partial charge in [0.1, 0.15) is 11.6 Å². The SMILES string of the molecule is CCC1=C(c2nc3c(-c4ccc(F)cc4)cncc3[nH]2)c2cc(-c3cncc(NC(=O)Cc4ccccc4)c3)ccc2NC1. The Bertz CT molecular complexity index is 2030. The van der Waals surface area contributed by atoms with Crippen LogP contribution < -0.4 is 10.6 Å². The number of benzene rings is 3. The van der Waals surface area contributed by atoms with Gasteiger partial charge in [-0.25, -0.2) is 9.37 Å². The Labute approximate surface area is 253 Å². The van der Waals surface area contributed by atoms with Crippen molar-refractivity contribution < 1.29 is 9.18 Å². The van der Waals surface area contributed by atoms with Crippen LogP contribution in [0.25, 0.3) is 38.9 Å². The summed E-state index contributed by atoms with van der Waals surface area (Å²) in [6, 6.07) is 24.3. The van der Waals surface area contributed by atoms with Gasteiger partial charge in [-0.1, -0.05) is 55.5 Å². The molecule has 0 spiro atoms. The zero-order valence-electron chi connectivity index (χ0n) is 24.1. The Morgan fingerprint density at radius 1 is 0.864 bits per heavy atom. The largest absolute Gasteiger partial charge is 0.381 e. The first kappa shape index (κ1) is 27.2. The quantitative estimate of drug-likeness (QED) is 0.180. The molecule has 3 N–H and O–H groups in total. The molecule has 0 unspecified atom stereocenters. The molecular weight excluding hydrogens is 551 g/mol. The predicted molar refractivity (Wildman–Crippen MR) is 173 cm³/mol. The van der Waals surface area contributed by atoms with E-state index in [2.05, 4.69) is 50.7 Å². The zero-order valence-corrected chi connectivity index (χ0v) is 24.1. The summed E-state index contributed by atoms with van der Waals surface area (Å²) >= 11 is 0. The number of rotatable bonds is 7. The number of nitrogens with one attached hydrogen (secondary N) is 3. The number of aromatic nitrogens is 4. The summed E-state index contributed by atoms with van der Waals surface area (Å²) in [6.45, 7) is 2.86. The number of anilines is 2. The molecule has 3 aromatic heterocycles.